The third kappa shape index (κ3) is 2.99. The molecule has 90 valence electrons. The van der Waals surface area contributed by atoms with Gasteiger partial charge in [0.2, 0.25) is 0 Å². The second-order valence-corrected chi connectivity index (χ2v) is 4.18. The Kier molecular flexibility index (Phi) is 3.80. The fourth-order valence-corrected chi connectivity index (χ4v) is 1.69. The van der Waals surface area contributed by atoms with E-state index in [1.807, 2.05) is 18.2 Å². The van der Waals surface area contributed by atoms with Gasteiger partial charge in [0.1, 0.15) is 5.75 Å². The van der Waals surface area contributed by atoms with Gasteiger partial charge in [-0.15, -0.1) is 0 Å². The zero-order valence-corrected chi connectivity index (χ0v) is 10.3. The van der Waals surface area contributed by atoms with E-state index in [9.17, 15) is 9.90 Å². The molecule has 0 bridgehead atoms. The van der Waals surface area contributed by atoms with Crippen molar-refractivity contribution in [2.75, 3.05) is 0 Å². The van der Waals surface area contributed by atoms with Crippen LogP contribution in [0.5, 0.6) is 5.75 Å². The number of phenolic OH excluding ortho intramolecular Hbond substituents is 1. The molecule has 2 aromatic rings. The third-order valence-electron chi connectivity index (χ3n) is 2.46. The minimum atomic E-state index is -0.0696. The number of phenols is 1. The SMILES string of the molecule is O=C(/C=C/c1ccc(O)c(Cl)c1)c1ccccc1. The van der Waals surface area contributed by atoms with Crippen molar-refractivity contribution < 1.29 is 9.90 Å². The smallest absolute Gasteiger partial charge is 0.185 e. The molecule has 0 saturated carbocycles. The van der Waals surface area contributed by atoms with E-state index in [4.69, 9.17) is 11.6 Å². The number of hydrogen-bond donors (Lipinski definition) is 1. The van der Waals surface area contributed by atoms with Gasteiger partial charge < -0.3 is 5.11 Å². The van der Waals surface area contributed by atoms with Gasteiger partial charge in [-0.2, -0.15) is 0 Å². The predicted molar refractivity (Wildman–Crippen MR) is 72.9 cm³/mol. The molecular formula is C15H11ClO2. The van der Waals surface area contributed by atoms with Crippen molar-refractivity contribution in [1.29, 1.82) is 0 Å². The van der Waals surface area contributed by atoms with Crippen molar-refractivity contribution in [1.82, 2.24) is 0 Å². The van der Waals surface area contributed by atoms with E-state index in [1.54, 1.807) is 30.3 Å². The van der Waals surface area contributed by atoms with Gasteiger partial charge in [0.25, 0.3) is 0 Å². The quantitative estimate of drug-likeness (QED) is 0.669. The normalized spacial score (nSPS) is 10.7. The summed E-state index contributed by atoms with van der Waals surface area (Å²) < 4.78 is 0. The van der Waals surface area contributed by atoms with Gasteiger partial charge in [0.15, 0.2) is 5.78 Å². The van der Waals surface area contributed by atoms with Gasteiger partial charge in [0, 0.05) is 5.56 Å². The number of halogens is 1. The molecule has 18 heavy (non-hydrogen) atoms. The second kappa shape index (κ2) is 5.52. The van der Waals surface area contributed by atoms with Gasteiger partial charge in [-0.3, -0.25) is 4.79 Å². The largest absolute Gasteiger partial charge is 0.506 e. The van der Waals surface area contributed by atoms with Crippen LogP contribution in [0.4, 0.5) is 0 Å². The van der Waals surface area contributed by atoms with E-state index in [2.05, 4.69) is 0 Å². The first-order chi connectivity index (χ1) is 8.66. The summed E-state index contributed by atoms with van der Waals surface area (Å²) in [5, 5.41) is 9.54. The maximum absolute atomic E-state index is 11.8. The van der Waals surface area contributed by atoms with Crippen LogP contribution in [0.2, 0.25) is 5.02 Å². The van der Waals surface area contributed by atoms with Gasteiger partial charge >= 0.3 is 0 Å². The molecule has 1 N–H and O–H groups in total. The molecule has 0 heterocycles. The Balaban J connectivity index is 2.16. The van der Waals surface area contributed by atoms with E-state index >= 15 is 0 Å². The topological polar surface area (TPSA) is 37.3 Å². The molecule has 2 rings (SSSR count). The molecule has 0 aromatic heterocycles. The molecule has 0 unspecified atom stereocenters. The maximum atomic E-state index is 11.8. The Bertz CT molecular complexity index is 589. The summed E-state index contributed by atoms with van der Waals surface area (Å²) in [6.45, 7) is 0. The highest BCUT2D eigenvalue weighted by molar-refractivity contribution is 6.32. The highest BCUT2D eigenvalue weighted by Gasteiger charge is 2.01. The minimum Gasteiger partial charge on any atom is -0.506 e. The van der Waals surface area contributed by atoms with Crippen molar-refractivity contribution in [2.45, 2.75) is 0 Å². The van der Waals surface area contributed by atoms with Crippen LogP contribution in [0.25, 0.3) is 6.08 Å². The Hall–Kier alpha value is -2.06. The molecule has 0 aliphatic rings. The van der Waals surface area contributed by atoms with Crippen LogP contribution >= 0.6 is 11.6 Å². The second-order valence-electron chi connectivity index (χ2n) is 3.77. The summed E-state index contributed by atoms with van der Waals surface area (Å²) in [5.41, 5.74) is 1.40. The van der Waals surface area contributed by atoms with E-state index < -0.39 is 0 Å². The van der Waals surface area contributed by atoms with Crippen molar-refractivity contribution in [2.24, 2.45) is 0 Å². The van der Waals surface area contributed by atoms with Crippen molar-refractivity contribution in [3.63, 3.8) is 0 Å². The van der Waals surface area contributed by atoms with Gasteiger partial charge in [-0.05, 0) is 23.8 Å². The van der Waals surface area contributed by atoms with E-state index in [1.165, 1.54) is 12.1 Å². The molecule has 0 fully saturated rings. The number of carbonyl (C=O) groups excluding carboxylic acids is 1. The zero-order valence-electron chi connectivity index (χ0n) is 9.51. The number of allylic oxidation sites excluding steroid dienone is 1. The van der Waals surface area contributed by atoms with Crippen LogP contribution < -0.4 is 0 Å². The van der Waals surface area contributed by atoms with Crippen LogP contribution in [0.1, 0.15) is 15.9 Å². The number of rotatable bonds is 3. The van der Waals surface area contributed by atoms with Gasteiger partial charge in [-0.25, -0.2) is 0 Å². The van der Waals surface area contributed by atoms with Crippen molar-refractivity contribution >= 4 is 23.5 Å². The molecule has 2 nitrogen and oxygen atoms in total. The van der Waals surface area contributed by atoms with E-state index in [0.717, 1.165) is 5.56 Å². The molecule has 3 heteroatoms. The monoisotopic (exact) mass is 258 g/mol. The number of hydrogen-bond acceptors (Lipinski definition) is 2. The predicted octanol–water partition coefficient (Wildman–Crippen LogP) is 3.94. The first kappa shape index (κ1) is 12.4. The number of ketones is 1. The van der Waals surface area contributed by atoms with Crippen LogP contribution in [-0.2, 0) is 0 Å². The lowest BCUT2D eigenvalue weighted by molar-refractivity contribution is 0.104. The first-order valence-corrected chi connectivity index (χ1v) is 5.80. The summed E-state index contributed by atoms with van der Waals surface area (Å²) in [7, 11) is 0. The summed E-state index contributed by atoms with van der Waals surface area (Å²) in [4.78, 5) is 11.8. The lowest BCUT2D eigenvalue weighted by atomic mass is 10.1. The molecule has 0 aliphatic carbocycles. The first-order valence-electron chi connectivity index (χ1n) is 5.43. The molecule has 0 saturated heterocycles. The molecule has 0 atom stereocenters. The Morgan fingerprint density at radius 1 is 1.11 bits per heavy atom. The number of benzene rings is 2. The standard InChI is InChI=1S/C15H11ClO2/c16-13-10-11(7-9-15(13)18)6-8-14(17)12-4-2-1-3-5-12/h1-10,18H/b8-6+. The summed E-state index contributed by atoms with van der Waals surface area (Å²) in [5.74, 6) is -0.0389. The van der Waals surface area contributed by atoms with Crippen LogP contribution in [0, 0.1) is 0 Å². The van der Waals surface area contributed by atoms with E-state index in [-0.39, 0.29) is 16.6 Å². The Morgan fingerprint density at radius 3 is 2.50 bits per heavy atom. The fraction of sp³-hybridized carbons (Fsp3) is 0. The molecule has 0 spiro atoms. The van der Waals surface area contributed by atoms with Crippen molar-refractivity contribution in [3.05, 3.63) is 70.8 Å². The highest BCUT2D eigenvalue weighted by atomic mass is 35.5. The average molecular weight is 259 g/mol. The lowest BCUT2D eigenvalue weighted by Crippen LogP contribution is -1.92. The van der Waals surface area contributed by atoms with E-state index in [0.29, 0.717) is 5.56 Å². The van der Waals surface area contributed by atoms with Crippen molar-refractivity contribution in [3.8, 4) is 5.75 Å². The lowest BCUT2D eigenvalue weighted by Gasteiger charge is -1.98. The maximum Gasteiger partial charge on any atom is 0.185 e. The van der Waals surface area contributed by atoms with Gasteiger partial charge in [0.05, 0.1) is 5.02 Å². The van der Waals surface area contributed by atoms with Crippen LogP contribution in [-0.4, -0.2) is 10.9 Å². The fourth-order valence-electron chi connectivity index (χ4n) is 1.50. The van der Waals surface area contributed by atoms with Gasteiger partial charge in [-0.1, -0.05) is 54.1 Å². The minimum absolute atomic E-state index is 0.0307. The molecule has 0 aliphatic heterocycles. The molecule has 0 radical (unpaired) electrons. The molecule has 0 amide bonds. The molecular weight excluding hydrogens is 248 g/mol. The summed E-state index contributed by atoms with van der Waals surface area (Å²) >= 11 is 5.78. The average Bonchev–Trinajstić information content (AvgIpc) is 2.41. The number of aromatic hydroxyl groups is 1. The van der Waals surface area contributed by atoms with Crippen LogP contribution in [0.15, 0.2) is 54.6 Å². The highest BCUT2D eigenvalue weighted by Crippen LogP contribution is 2.24. The Labute approximate surface area is 110 Å². The summed E-state index contributed by atoms with van der Waals surface area (Å²) in [6.07, 6.45) is 3.15. The Morgan fingerprint density at radius 2 is 1.83 bits per heavy atom. The summed E-state index contributed by atoms with van der Waals surface area (Å²) in [6, 6.07) is 13.8. The van der Waals surface area contributed by atoms with Crippen LogP contribution in [0.3, 0.4) is 0 Å². The zero-order chi connectivity index (χ0) is 13.0. The number of carbonyl (C=O) groups is 1. The third-order valence-corrected chi connectivity index (χ3v) is 2.76. The molecule has 2 aromatic carbocycles.